The van der Waals surface area contributed by atoms with Crippen molar-refractivity contribution in [2.75, 3.05) is 0 Å². The molecule has 5 heteroatoms. The molecule has 0 aliphatic carbocycles. The maximum absolute atomic E-state index is 10.6. The Labute approximate surface area is 62.7 Å². The highest BCUT2D eigenvalue weighted by molar-refractivity contribution is 5.98. The van der Waals surface area contributed by atoms with E-state index >= 15 is 0 Å². The van der Waals surface area contributed by atoms with Crippen LogP contribution in [0.5, 0.6) is 0 Å². The van der Waals surface area contributed by atoms with E-state index in [0.29, 0.717) is 0 Å². The first kappa shape index (κ1) is 7.71. The van der Waals surface area contributed by atoms with Gasteiger partial charge in [0, 0.05) is 0 Å². The van der Waals surface area contributed by atoms with Crippen LogP contribution in [0.3, 0.4) is 0 Å². The fourth-order valence-corrected chi connectivity index (χ4v) is 0.918. The number of carbonyl (C=O) groups is 3. The van der Waals surface area contributed by atoms with Gasteiger partial charge in [-0.1, -0.05) is 0 Å². The van der Waals surface area contributed by atoms with E-state index in [-0.39, 0.29) is 19.3 Å². The molecule has 0 spiro atoms. The largest absolute Gasteiger partial charge is 0.463 e. The SMILES string of the molecule is O=COC1CC(=O)NC(=O)C1. The van der Waals surface area contributed by atoms with Crippen molar-refractivity contribution in [2.24, 2.45) is 0 Å². The normalized spacial score (nSPS) is 19.3. The van der Waals surface area contributed by atoms with E-state index in [2.05, 4.69) is 10.1 Å². The molecule has 60 valence electrons. The predicted molar refractivity (Wildman–Crippen MR) is 33.3 cm³/mol. The number of rotatable bonds is 2. The number of hydrogen-bond acceptors (Lipinski definition) is 4. The summed E-state index contributed by atoms with van der Waals surface area (Å²) >= 11 is 0. The molecule has 11 heavy (non-hydrogen) atoms. The Bertz CT molecular complexity index is 185. The van der Waals surface area contributed by atoms with E-state index in [0.717, 1.165) is 0 Å². The minimum atomic E-state index is -0.575. The summed E-state index contributed by atoms with van der Waals surface area (Å²) in [5.41, 5.74) is 0. The summed E-state index contributed by atoms with van der Waals surface area (Å²) < 4.78 is 4.46. The van der Waals surface area contributed by atoms with E-state index in [4.69, 9.17) is 0 Å². The predicted octanol–water partition coefficient (Wildman–Crippen LogP) is -1.04. The lowest BCUT2D eigenvalue weighted by atomic mass is 10.1. The fraction of sp³-hybridized carbons (Fsp3) is 0.500. The summed E-state index contributed by atoms with van der Waals surface area (Å²) in [6, 6.07) is 0. The molecule has 1 aliphatic heterocycles. The Morgan fingerprint density at radius 2 is 1.91 bits per heavy atom. The van der Waals surface area contributed by atoms with Gasteiger partial charge in [-0.05, 0) is 0 Å². The molecule has 0 radical (unpaired) electrons. The van der Waals surface area contributed by atoms with Crippen LogP contribution < -0.4 is 5.32 Å². The van der Waals surface area contributed by atoms with Crippen molar-refractivity contribution >= 4 is 18.3 Å². The molecule has 1 N–H and O–H groups in total. The van der Waals surface area contributed by atoms with Crippen LogP contribution in [0.4, 0.5) is 0 Å². The quantitative estimate of drug-likeness (QED) is 0.410. The molecule has 0 unspecified atom stereocenters. The van der Waals surface area contributed by atoms with Crippen LogP contribution in [-0.4, -0.2) is 24.4 Å². The number of imide groups is 1. The topological polar surface area (TPSA) is 72.5 Å². The van der Waals surface area contributed by atoms with Crippen LogP contribution >= 0.6 is 0 Å². The highest BCUT2D eigenvalue weighted by Crippen LogP contribution is 2.07. The lowest BCUT2D eigenvalue weighted by Gasteiger charge is -2.18. The van der Waals surface area contributed by atoms with Gasteiger partial charge in [0.1, 0.15) is 6.10 Å². The van der Waals surface area contributed by atoms with Gasteiger partial charge in [-0.15, -0.1) is 0 Å². The van der Waals surface area contributed by atoms with Gasteiger partial charge in [0.2, 0.25) is 11.8 Å². The number of ether oxygens (including phenoxy) is 1. The van der Waals surface area contributed by atoms with Gasteiger partial charge in [-0.2, -0.15) is 0 Å². The first-order valence-corrected chi connectivity index (χ1v) is 3.14. The molecule has 1 rings (SSSR count). The Morgan fingerprint density at radius 3 is 2.36 bits per heavy atom. The lowest BCUT2D eigenvalue weighted by Crippen LogP contribution is -2.41. The summed E-state index contributed by atoms with van der Waals surface area (Å²) in [7, 11) is 0. The third kappa shape index (κ3) is 2.03. The number of hydrogen-bond donors (Lipinski definition) is 1. The highest BCUT2D eigenvalue weighted by Gasteiger charge is 2.25. The van der Waals surface area contributed by atoms with Crippen LogP contribution in [0.15, 0.2) is 0 Å². The van der Waals surface area contributed by atoms with E-state index in [1.165, 1.54) is 0 Å². The number of nitrogens with one attached hydrogen (secondary N) is 1. The summed E-state index contributed by atoms with van der Waals surface area (Å²) in [5.74, 6) is -0.791. The zero-order valence-electron chi connectivity index (χ0n) is 5.70. The van der Waals surface area contributed by atoms with Gasteiger partial charge >= 0.3 is 0 Å². The van der Waals surface area contributed by atoms with E-state index < -0.39 is 17.9 Å². The zero-order chi connectivity index (χ0) is 8.27. The number of carbonyl (C=O) groups excluding carboxylic acids is 3. The first-order chi connectivity index (χ1) is 5.22. The first-order valence-electron chi connectivity index (χ1n) is 3.14. The van der Waals surface area contributed by atoms with Crippen molar-refractivity contribution in [1.82, 2.24) is 5.32 Å². The Morgan fingerprint density at radius 1 is 1.36 bits per heavy atom. The second kappa shape index (κ2) is 3.14. The molecule has 0 bridgehead atoms. The summed E-state index contributed by atoms with van der Waals surface area (Å²) in [6.45, 7) is 0.247. The number of amides is 2. The van der Waals surface area contributed by atoms with E-state index in [9.17, 15) is 14.4 Å². The minimum Gasteiger partial charge on any atom is -0.463 e. The maximum Gasteiger partial charge on any atom is 0.293 e. The molecule has 1 aliphatic rings. The van der Waals surface area contributed by atoms with Crippen molar-refractivity contribution in [2.45, 2.75) is 18.9 Å². The van der Waals surface area contributed by atoms with E-state index in [1.54, 1.807) is 0 Å². The molecule has 5 nitrogen and oxygen atoms in total. The van der Waals surface area contributed by atoms with Crippen molar-refractivity contribution in [3.8, 4) is 0 Å². The van der Waals surface area contributed by atoms with Crippen LogP contribution in [-0.2, 0) is 19.1 Å². The highest BCUT2D eigenvalue weighted by atomic mass is 16.5. The molecule has 1 fully saturated rings. The fourth-order valence-electron chi connectivity index (χ4n) is 0.918. The molecule has 1 heterocycles. The standard InChI is InChI=1S/C6H7NO4/c8-3-11-4-1-5(9)7-6(10)2-4/h3-4H,1-2H2,(H,7,9,10). The average Bonchev–Trinajstić information content (AvgIpc) is 1.85. The van der Waals surface area contributed by atoms with Crippen LogP contribution in [0.1, 0.15) is 12.8 Å². The van der Waals surface area contributed by atoms with Gasteiger partial charge in [0.15, 0.2) is 0 Å². The molecule has 2 amide bonds. The number of piperidine rings is 1. The minimum absolute atomic E-state index is 0.0739. The monoisotopic (exact) mass is 157 g/mol. The Balaban J connectivity index is 2.49. The molecular weight excluding hydrogens is 150 g/mol. The molecule has 0 atom stereocenters. The lowest BCUT2D eigenvalue weighted by molar-refractivity contribution is -0.144. The zero-order valence-corrected chi connectivity index (χ0v) is 5.70. The second-order valence-electron chi connectivity index (χ2n) is 2.23. The van der Waals surface area contributed by atoms with Crippen LogP contribution in [0.25, 0.3) is 0 Å². The van der Waals surface area contributed by atoms with Crippen molar-refractivity contribution < 1.29 is 19.1 Å². The van der Waals surface area contributed by atoms with Gasteiger partial charge in [0.25, 0.3) is 6.47 Å². The van der Waals surface area contributed by atoms with Crippen molar-refractivity contribution in [3.05, 3.63) is 0 Å². The third-order valence-corrected chi connectivity index (χ3v) is 1.35. The Hall–Kier alpha value is -1.39. The second-order valence-corrected chi connectivity index (χ2v) is 2.23. The van der Waals surface area contributed by atoms with Gasteiger partial charge in [-0.25, -0.2) is 0 Å². The smallest absolute Gasteiger partial charge is 0.293 e. The molecular formula is C6H7NO4. The van der Waals surface area contributed by atoms with Gasteiger partial charge in [0.05, 0.1) is 12.8 Å². The van der Waals surface area contributed by atoms with Crippen molar-refractivity contribution in [1.29, 1.82) is 0 Å². The van der Waals surface area contributed by atoms with Gasteiger partial charge in [-0.3, -0.25) is 19.7 Å². The molecule has 1 saturated heterocycles. The van der Waals surface area contributed by atoms with Crippen molar-refractivity contribution in [3.63, 3.8) is 0 Å². The Kier molecular flexibility index (Phi) is 2.20. The molecule has 0 saturated carbocycles. The van der Waals surface area contributed by atoms with Crippen LogP contribution in [0.2, 0.25) is 0 Å². The summed E-state index contributed by atoms with van der Waals surface area (Å²) in [5, 5.41) is 2.09. The van der Waals surface area contributed by atoms with Crippen LogP contribution in [0, 0.1) is 0 Å². The maximum atomic E-state index is 10.6. The summed E-state index contributed by atoms with van der Waals surface area (Å²) in [4.78, 5) is 31.1. The molecule has 0 aromatic carbocycles. The average molecular weight is 157 g/mol. The van der Waals surface area contributed by atoms with Gasteiger partial charge < -0.3 is 4.74 Å². The van der Waals surface area contributed by atoms with E-state index in [1.807, 2.05) is 0 Å². The molecule has 0 aromatic rings. The summed E-state index contributed by atoms with van der Waals surface area (Å²) in [6.07, 6.45) is -0.427. The third-order valence-electron chi connectivity index (χ3n) is 1.35. The molecule has 0 aromatic heterocycles.